The smallest absolute Gasteiger partial charge is 0.117 e. The van der Waals surface area contributed by atoms with Crippen LogP contribution in [0.2, 0.25) is 0 Å². The van der Waals surface area contributed by atoms with Crippen LogP contribution in [0.4, 0.5) is 5.69 Å². The molecular weight excluding hydrogens is 152 g/mol. The van der Waals surface area contributed by atoms with Gasteiger partial charge in [0.15, 0.2) is 0 Å². The van der Waals surface area contributed by atoms with Crippen LogP contribution in [-0.4, -0.2) is 11.7 Å². The van der Waals surface area contributed by atoms with E-state index in [2.05, 4.69) is 11.8 Å². The van der Waals surface area contributed by atoms with E-state index >= 15 is 0 Å². The molecule has 1 aromatic rings. The Hall–Kier alpha value is -1.66. The highest BCUT2D eigenvalue weighted by molar-refractivity contribution is 5.58. The van der Waals surface area contributed by atoms with E-state index in [1.807, 2.05) is 0 Å². The van der Waals surface area contributed by atoms with E-state index in [1.54, 1.807) is 6.07 Å². The van der Waals surface area contributed by atoms with Gasteiger partial charge >= 0.3 is 0 Å². The maximum atomic E-state index is 9.01. The maximum absolute atomic E-state index is 9.01. The first kappa shape index (κ1) is 8.44. The monoisotopic (exact) mass is 162 g/mol. The second-order valence-electron chi connectivity index (χ2n) is 2.28. The molecule has 0 saturated carbocycles. The molecule has 1 rings (SSSR count). The first-order valence-corrected chi connectivity index (χ1v) is 3.51. The van der Waals surface area contributed by atoms with Gasteiger partial charge in [-0.1, -0.05) is 11.8 Å². The summed E-state index contributed by atoms with van der Waals surface area (Å²) in [6.45, 7) is 0.306. The van der Waals surface area contributed by atoms with E-state index < -0.39 is 0 Å². The minimum atomic E-state index is 0.144. The lowest BCUT2D eigenvalue weighted by molar-refractivity contribution is 0.475. The van der Waals surface area contributed by atoms with Gasteiger partial charge in [-0.2, -0.15) is 0 Å². The van der Waals surface area contributed by atoms with Gasteiger partial charge in [-0.15, -0.1) is 0 Å². The van der Waals surface area contributed by atoms with Crippen LogP contribution in [-0.2, 0) is 0 Å². The largest absolute Gasteiger partial charge is 0.508 e. The molecule has 0 aliphatic rings. The van der Waals surface area contributed by atoms with Gasteiger partial charge in [0, 0.05) is 11.6 Å². The maximum Gasteiger partial charge on any atom is 0.117 e. The number of rotatable bonds is 0. The van der Waals surface area contributed by atoms with E-state index in [0.717, 1.165) is 0 Å². The third-order valence-corrected chi connectivity index (χ3v) is 1.36. The molecule has 0 spiro atoms. The number of hydrogen-bond donors (Lipinski definition) is 3. The van der Waals surface area contributed by atoms with Crippen LogP contribution in [0, 0.1) is 11.8 Å². The Morgan fingerprint density at radius 1 is 1.42 bits per heavy atom. The summed E-state index contributed by atoms with van der Waals surface area (Å²) in [6, 6.07) is 4.66. The zero-order chi connectivity index (χ0) is 8.97. The normalized spacial score (nSPS) is 8.75. The summed E-state index contributed by atoms with van der Waals surface area (Å²) in [5.74, 6) is 5.61. The number of aromatic hydroxyl groups is 1. The van der Waals surface area contributed by atoms with Crippen molar-refractivity contribution in [3.8, 4) is 17.6 Å². The second-order valence-corrected chi connectivity index (χ2v) is 2.28. The first-order valence-electron chi connectivity index (χ1n) is 3.51. The van der Waals surface area contributed by atoms with Crippen LogP contribution in [0.5, 0.6) is 5.75 Å². The van der Waals surface area contributed by atoms with E-state index in [-0.39, 0.29) is 5.75 Å². The van der Waals surface area contributed by atoms with Gasteiger partial charge in [-0.3, -0.25) is 0 Å². The van der Waals surface area contributed by atoms with E-state index in [9.17, 15) is 0 Å². The third kappa shape index (κ3) is 1.91. The number of hydrogen-bond acceptors (Lipinski definition) is 3. The lowest BCUT2D eigenvalue weighted by Crippen LogP contribution is -1.94. The molecular formula is C9H10N2O. The van der Waals surface area contributed by atoms with Crippen LogP contribution in [0.3, 0.4) is 0 Å². The molecule has 1 aromatic carbocycles. The minimum Gasteiger partial charge on any atom is -0.508 e. The highest BCUT2D eigenvalue weighted by Crippen LogP contribution is 2.17. The highest BCUT2D eigenvalue weighted by Gasteiger charge is 1.95. The lowest BCUT2D eigenvalue weighted by Gasteiger charge is -1.97. The number of phenolic OH excluding ortho intramolecular Hbond substituents is 1. The van der Waals surface area contributed by atoms with Gasteiger partial charge in [-0.25, -0.2) is 0 Å². The van der Waals surface area contributed by atoms with Crippen molar-refractivity contribution in [2.75, 3.05) is 12.3 Å². The van der Waals surface area contributed by atoms with Gasteiger partial charge in [0.05, 0.1) is 12.2 Å². The molecule has 0 heterocycles. The number of benzene rings is 1. The lowest BCUT2D eigenvalue weighted by atomic mass is 10.2. The fourth-order valence-corrected chi connectivity index (χ4v) is 0.810. The van der Waals surface area contributed by atoms with Crippen molar-refractivity contribution in [3.63, 3.8) is 0 Å². The Morgan fingerprint density at radius 3 is 2.75 bits per heavy atom. The molecule has 0 fully saturated rings. The molecule has 0 saturated heterocycles. The molecule has 0 radical (unpaired) electrons. The first-order chi connectivity index (χ1) is 5.74. The van der Waals surface area contributed by atoms with Gasteiger partial charge < -0.3 is 16.6 Å². The van der Waals surface area contributed by atoms with Crippen molar-refractivity contribution >= 4 is 5.69 Å². The summed E-state index contributed by atoms with van der Waals surface area (Å²) in [5.41, 5.74) is 11.9. The highest BCUT2D eigenvalue weighted by atomic mass is 16.3. The molecule has 3 nitrogen and oxygen atoms in total. The molecule has 0 aromatic heterocycles. The average Bonchev–Trinajstić information content (AvgIpc) is 2.03. The molecule has 0 amide bonds. The number of nitrogens with two attached hydrogens (primary N) is 2. The van der Waals surface area contributed by atoms with E-state index in [1.165, 1.54) is 12.1 Å². The standard InChI is InChI=1S/C9H10N2O/c10-5-1-2-7-3-4-8(12)6-9(7)11/h3-4,6,12H,5,10-11H2. The number of nitrogen functional groups attached to an aromatic ring is 1. The zero-order valence-corrected chi connectivity index (χ0v) is 6.54. The van der Waals surface area contributed by atoms with Crippen LogP contribution < -0.4 is 11.5 Å². The summed E-state index contributed by atoms with van der Waals surface area (Å²) < 4.78 is 0. The predicted molar refractivity (Wildman–Crippen MR) is 48.5 cm³/mol. The average molecular weight is 162 g/mol. The molecule has 0 aliphatic carbocycles. The Kier molecular flexibility index (Phi) is 2.57. The molecule has 0 atom stereocenters. The molecule has 12 heavy (non-hydrogen) atoms. The van der Waals surface area contributed by atoms with E-state index in [0.29, 0.717) is 17.8 Å². The van der Waals surface area contributed by atoms with Crippen LogP contribution in [0.25, 0.3) is 0 Å². The Bertz CT molecular complexity index is 336. The molecule has 0 unspecified atom stereocenters. The van der Waals surface area contributed by atoms with Gasteiger partial charge in [0.2, 0.25) is 0 Å². The van der Waals surface area contributed by atoms with Crippen molar-refractivity contribution in [3.05, 3.63) is 23.8 Å². The van der Waals surface area contributed by atoms with Gasteiger partial charge in [0.25, 0.3) is 0 Å². The van der Waals surface area contributed by atoms with Crippen molar-refractivity contribution in [2.45, 2.75) is 0 Å². The molecule has 0 bridgehead atoms. The third-order valence-electron chi connectivity index (χ3n) is 1.36. The van der Waals surface area contributed by atoms with E-state index in [4.69, 9.17) is 16.6 Å². The molecule has 62 valence electrons. The summed E-state index contributed by atoms with van der Waals surface area (Å²) in [4.78, 5) is 0. The molecule has 3 heteroatoms. The van der Waals surface area contributed by atoms with Crippen molar-refractivity contribution < 1.29 is 5.11 Å². The fraction of sp³-hybridized carbons (Fsp3) is 0.111. The number of phenols is 1. The summed E-state index contributed by atoms with van der Waals surface area (Å²) in [6.07, 6.45) is 0. The summed E-state index contributed by atoms with van der Waals surface area (Å²) >= 11 is 0. The van der Waals surface area contributed by atoms with Crippen molar-refractivity contribution in [1.82, 2.24) is 0 Å². The number of anilines is 1. The SMILES string of the molecule is NCC#Cc1ccc(O)cc1N. The van der Waals surface area contributed by atoms with Crippen LogP contribution >= 0.6 is 0 Å². The minimum absolute atomic E-state index is 0.144. The fourth-order valence-electron chi connectivity index (χ4n) is 0.810. The quantitative estimate of drug-likeness (QED) is 0.379. The Morgan fingerprint density at radius 2 is 2.17 bits per heavy atom. The second kappa shape index (κ2) is 3.65. The zero-order valence-electron chi connectivity index (χ0n) is 6.54. The van der Waals surface area contributed by atoms with Crippen molar-refractivity contribution in [1.29, 1.82) is 0 Å². The van der Waals surface area contributed by atoms with Crippen LogP contribution in [0.1, 0.15) is 5.56 Å². The molecule has 0 aliphatic heterocycles. The van der Waals surface area contributed by atoms with Crippen LogP contribution in [0.15, 0.2) is 18.2 Å². The molecule has 5 N–H and O–H groups in total. The Balaban J connectivity index is 3.01. The Labute approximate surface area is 71.0 Å². The predicted octanol–water partition coefficient (Wildman–Crippen LogP) is 0.285. The summed E-state index contributed by atoms with van der Waals surface area (Å²) in [7, 11) is 0. The topological polar surface area (TPSA) is 72.3 Å². The van der Waals surface area contributed by atoms with Gasteiger partial charge in [-0.05, 0) is 12.1 Å². The van der Waals surface area contributed by atoms with Crippen molar-refractivity contribution in [2.24, 2.45) is 5.73 Å². The van der Waals surface area contributed by atoms with Gasteiger partial charge in [0.1, 0.15) is 5.75 Å². The summed E-state index contributed by atoms with van der Waals surface area (Å²) in [5, 5.41) is 9.01.